The van der Waals surface area contributed by atoms with Crippen LogP contribution in [-0.2, 0) is 9.05 Å². The first-order valence-corrected chi connectivity index (χ1v) is 6.50. The molecule has 0 bridgehead atoms. The second-order valence-electron chi connectivity index (χ2n) is 2.49. The minimum absolute atomic E-state index is 0.350. The van der Waals surface area contributed by atoms with Crippen LogP contribution in [0.4, 0.5) is 0 Å². The molecule has 0 unspecified atom stereocenters. The molecule has 0 aliphatic carbocycles. The SMILES string of the molecule is O=S(=O)(Cl)CC#Cc1ccc(Cl)cc1. The van der Waals surface area contributed by atoms with E-state index in [1.807, 2.05) is 0 Å². The quantitative estimate of drug-likeness (QED) is 0.565. The van der Waals surface area contributed by atoms with Crippen molar-refractivity contribution >= 4 is 31.3 Å². The fourth-order valence-corrected chi connectivity index (χ4v) is 1.29. The highest BCUT2D eigenvalue weighted by molar-refractivity contribution is 8.13. The molecule has 74 valence electrons. The summed E-state index contributed by atoms with van der Waals surface area (Å²) < 4.78 is 21.0. The maximum atomic E-state index is 10.5. The largest absolute Gasteiger partial charge is 0.243 e. The van der Waals surface area contributed by atoms with E-state index in [2.05, 4.69) is 11.8 Å². The lowest BCUT2D eigenvalue weighted by Crippen LogP contribution is -1.92. The van der Waals surface area contributed by atoms with Crippen molar-refractivity contribution in [3.8, 4) is 11.8 Å². The molecular formula is C9H6Cl2O2S. The van der Waals surface area contributed by atoms with Crippen molar-refractivity contribution in [3.05, 3.63) is 34.9 Å². The van der Waals surface area contributed by atoms with E-state index in [9.17, 15) is 8.42 Å². The molecule has 5 heteroatoms. The highest BCUT2D eigenvalue weighted by atomic mass is 35.7. The van der Waals surface area contributed by atoms with Crippen LogP contribution in [0.2, 0.25) is 5.02 Å². The van der Waals surface area contributed by atoms with E-state index < -0.39 is 9.05 Å². The Morgan fingerprint density at radius 3 is 2.29 bits per heavy atom. The van der Waals surface area contributed by atoms with E-state index in [4.69, 9.17) is 22.3 Å². The summed E-state index contributed by atoms with van der Waals surface area (Å²) in [7, 11) is 1.44. The summed E-state index contributed by atoms with van der Waals surface area (Å²) in [6.45, 7) is 0. The summed E-state index contributed by atoms with van der Waals surface area (Å²) in [5.41, 5.74) is 0.703. The molecule has 0 spiro atoms. The summed E-state index contributed by atoms with van der Waals surface area (Å²) in [6, 6.07) is 6.77. The van der Waals surface area contributed by atoms with Gasteiger partial charge in [-0.3, -0.25) is 0 Å². The zero-order valence-corrected chi connectivity index (χ0v) is 9.33. The third kappa shape index (κ3) is 4.52. The average Bonchev–Trinajstić information content (AvgIpc) is 2.06. The molecule has 0 radical (unpaired) electrons. The molecule has 0 atom stereocenters. The molecule has 14 heavy (non-hydrogen) atoms. The van der Waals surface area contributed by atoms with Crippen LogP contribution in [0.5, 0.6) is 0 Å². The first-order valence-electron chi connectivity index (χ1n) is 3.64. The Morgan fingerprint density at radius 2 is 1.79 bits per heavy atom. The standard InChI is InChI=1S/C9H6Cl2O2S/c10-9-5-3-8(4-6-9)2-1-7-14(11,12)13/h3-6H,7H2. The smallest absolute Gasteiger partial charge is 0.211 e. The van der Waals surface area contributed by atoms with Gasteiger partial charge in [-0.05, 0) is 24.3 Å². The molecule has 0 aliphatic heterocycles. The summed E-state index contributed by atoms with van der Waals surface area (Å²) in [6.07, 6.45) is 0. The van der Waals surface area contributed by atoms with Crippen LogP contribution in [0.15, 0.2) is 24.3 Å². The van der Waals surface area contributed by atoms with Gasteiger partial charge in [0.2, 0.25) is 9.05 Å². The van der Waals surface area contributed by atoms with Gasteiger partial charge in [-0.1, -0.05) is 23.4 Å². The Labute approximate surface area is 92.3 Å². The van der Waals surface area contributed by atoms with Crippen LogP contribution >= 0.6 is 22.3 Å². The van der Waals surface area contributed by atoms with Crippen LogP contribution in [0.3, 0.4) is 0 Å². The van der Waals surface area contributed by atoms with E-state index in [1.54, 1.807) is 24.3 Å². The van der Waals surface area contributed by atoms with Gasteiger partial charge in [0.05, 0.1) is 0 Å². The van der Waals surface area contributed by atoms with Crippen molar-refractivity contribution in [1.82, 2.24) is 0 Å². The number of rotatable bonds is 1. The summed E-state index contributed by atoms with van der Waals surface area (Å²) in [4.78, 5) is 0. The first-order chi connectivity index (χ1) is 6.47. The highest BCUT2D eigenvalue weighted by Crippen LogP contribution is 2.08. The molecule has 0 amide bonds. The molecule has 0 N–H and O–H groups in total. The maximum Gasteiger partial charge on any atom is 0.243 e. The summed E-state index contributed by atoms with van der Waals surface area (Å²) in [5, 5.41) is 0.612. The number of benzene rings is 1. The maximum absolute atomic E-state index is 10.5. The monoisotopic (exact) mass is 248 g/mol. The molecule has 1 aromatic rings. The van der Waals surface area contributed by atoms with Crippen molar-refractivity contribution < 1.29 is 8.42 Å². The van der Waals surface area contributed by atoms with Gasteiger partial charge in [0.1, 0.15) is 5.75 Å². The Kier molecular flexibility index (Phi) is 3.82. The van der Waals surface area contributed by atoms with Crippen molar-refractivity contribution in [3.63, 3.8) is 0 Å². The Hall–Kier alpha value is -0.690. The Balaban J connectivity index is 2.74. The zero-order valence-electron chi connectivity index (χ0n) is 7.00. The van der Waals surface area contributed by atoms with Gasteiger partial charge in [-0.25, -0.2) is 8.42 Å². The summed E-state index contributed by atoms with van der Waals surface area (Å²) in [5.74, 6) is 4.75. The van der Waals surface area contributed by atoms with Gasteiger partial charge >= 0.3 is 0 Å². The van der Waals surface area contributed by atoms with E-state index in [-0.39, 0.29) is 5.75 Å². The number of hydrogen-bond donors (Lipinski definition) is 0. The molecule has 0 aliphatic rings. The van der Waals surface area contributed by atoms with Crippen molar-refractivity contribution in [2.24, 2.45) is 0 Å². The molecule has 0 fully saturated rings. The minimum atomic E-state index is -3.53. The zero-order chi connectivity index (χ0) is 10.6. The van der Waals surface area contributed by atoms with Crippen molar-refractivity contribution in [2.45, 2.75) is 0 Å². The second kappa shape index (κ2) is 4.70. The van der Waals surface area contributed by atoms with E-state index in [0.29, 0.717) is 10.6 Å². The molecule has 2 nitrogen and oxygen atoms in total. The number of hydrogen-bond acceptors (Lipinski definition) is 2. The van der Waals surface area contributed by atoms with E-state index >= 15 is 0 Å². The van der Waals surface area contributed by atoms with Crippen LogP contribution < -0.4 is 0 Å². The Bertz CT molecular complexity index is 466. The molecule has 0 aromatic heterocycles. The lowest BCUT2D eigenvalue weighted by Gasteiger charge is -1.89. The van der Waals surface area contributed by atoms with Gasteiger partial charge in [0.15, 0.2) is 0 Å². The highest BCUT2D eigenvalue weighted by Gasteiger charge is 1.99. The third-order valence-corrected chi connectivity index (χ3v) is 2.39. The van der Waals surface area contributed by atoms with E-state index in [0.717, 1.165) is 0 Å². The molecule has 1 rings (SSSR count). The topological polar surface area (TPSA) is 34.1 Å². The molecule has 0 saturated heterocycles. The Morgan fingerprint density at radius 1 is 1.21 bits per heavy atom. The second-order valence-corrected chi connectivity index (χ2v) is 5.71. The fraction of sp³-hybridized carbons (Fsp3) is 0.111. The predicted octanol–water partition coefficient (Wildman–Crippen LogP) is 2.26. The molecule has 1 aromatic carbocycles. The van der Waals surface area contributed by atoms with Crippen molar-refractivity contribution in [2.75, 3.05) is 5.75 Å². The van der Waals surface area contributed by atoms with Crippen LogP contribution in [0.1, 0.15) is 5.56 Å². The van der Waals surface area contributed by atoms with Crippen LogP contribution in [0, 0.1) is 11.8 Å². The minimum Gasteiger partial charge on any atom is -0.211 e. The molecule has 0 heterocycles. The van der Waals surface area contributed by atoms with Crippen molar-refractivity contribution in [1.29, 1.82) is 0 Å². The lowest BCUT2D eigenvalue weighted by molar-refractivity contribution is 0.612. The van der Waals surface area contributed by atoms with Gasteiger partial charge in [0.25, 0.3) is 0 Å². The molecular weight excluding hydrogens is 243 g/mol. The normalized spacial score (nSPS) is 10.4. The lowest BCUT2D eigenvalue weighted by atomic mass is 10.2. The first kappa shape index (κ1) is 11.4. The number of halogens is 2. The molecule has 0 saturated carbocycles. The van der Waals surface area contributed by atoms with Crippen LogP contribution in [0.25, 0.3) is 0 Å². The average molecular weight is 249 g/mol. The fourth-order valence-electron chi connectivity index (χ4n) is 0.758. The van der Waals surface area contributed by atoms with E-state index in [1.165, 1.54) is 0 Å². The van der Waals surface area contributed by atoms with Gasteiger partial charge in [0, 0.05) is 21.3 Å². The van der Waals surface area contributed by atoms with Crippen LogP contribution in [-0.4, -0.2) is 14.2 Å². The predicted molar refractivity (Wildman–Crippen MR) is 58.0 cm³/mol. The summed E-state index contributed by atoms with van der Waals surface area (Å²) >= 11 is 5.65. The van der Waals surface area contributed by atoms with Gasteiger partial charge in [-0.15, -0.1) is 0 Å². The third-order valence-electron chi connectivity index (χ3n) is 1.32. The van der Waals surface area contributed by atoms with Gasteiger partial charge in [-0.2, -0.15) is 0 Å². The van der Waals surface area contributed by atoms with Gasteiger partial charge < -0.3 is 0 Å².